The Hall–Kier alpha value is -1.80. The maximum atomic E-state index is 13.8. The highest BCUT2D eigenvalue weighted by Crippen LogP contribution is 2.35. The molecule has 0 N–H and O–H groups in total. The van der Waals surface area contributed by atoms with Gasteiger partial charge in [0.25, 0.3) is 0 Å². The van der Waals surface area contributed by atoms with Crippen molar-refractivity contribution in [3.8, 4) is 17.9 Å². The van der Waals surface area contributed by atoms with Gasteiger partial charge >= 0.3 is 0 Å². The van der Waals surface area contributed by atoms with Crippen LogP contribution in [0.25, 0.3) is 0 Å². The highest BCUT2D eigenvalue weighted by molar-refractivity contribution is 5.41. The van der Waals surface area contributed by atoms with Gasteiger partial charge in [-0.25, -0.2) is 4.39 Å². The Kier molecular flexibility index (Phi) is 4.00. The third-order valence-corrected chi connectivity index (χ3v) is 3.73. The summed E-state index contributed by atoms with van der Waals surface area (Å²) in [6.45, 7) is 2.28. The van der Waals surface area contributed by atoms with Gasteiger partial charge in [-0.2, -0.15) is 5.26 Å². The van der Waals surface area contributed by atoms with Crippen molar-refractivity contribution in [3.05, 3.63) is 35.1 Å². The minimum atomic E-state index is -0.311. The van der Waals surface area contributed by atoms with Crippen LogP contribution < -0.4 is 0 Å². The summed E-state index contributed by atoms with van der Waals surface area (Å²) in [4.78, 5) is 0. The van der Waals surface area contributed by atoms with Crippen LogP contribution in [0.4, 0.5) is 4.39 Å². The van der Waals surface area contributed by atoms with Crippen LogP contribution in [0.3, 0.4) is 0 Å². The molecule has 0 bridgehead atoms. The van der Waals surface area contributed by atoms with E-state index in [0.29, 0.717) is 11.5 Å². The Labute approximate surface area is 108 Å². The summed E-state index contributed by atoms with van der Waals surface area (Å²) in [5.74, 6) is 5.71. The van der Waals surface area contributed by atoms with Crippen molar-refractivity contribution in [3.63, 3.8) is 0 Å². The first-order valence-corrected chi connectivity index (χ1v) is 6.40. The second-order valence-corrected chi connectivity index (χ2v) is 5.06. The van der Waals surface area contributed by atoms with E-state index in [1.165, 1.54) is 12.8 Å². The van der Waals surface area contributed by atoms with Gasteiger partial charge in [-0.05, 0) is 48.3 Å². The summed E-state index contributed by atoms with van der Waals surface area (Å²) in [5.41, 5.74) is 1.38. The predicted molar refractivity (Wildman–Crippen MR) is 69.3 cm³/mol. The van der Waals surface area contributed by atoms with Gasteiger partial charge in [0.1, 0.15) is 5.82 Å². The van der Waals surface area contributed by atoms with Crippen molar-refractivity contribution in [1.29, 1.82) is 5.26 Å². The quantitative estimate of drug-likeness (QED) is 0.682. The molecule has 1 aliphatic rings. The molecular formula is C16H16FN. The van der Waals surface area contributed by atoms with E-state index in [9.17, 15) is 4.39 Å². The molecule has 92 valence electrons. The van der Waals surface area contributed by atoms with Gasteiger partial charge in [-0.1, -0.05) is 25.8 Å². The number of halogens is 1. The molecule has 0 spiro atoms. The van der Waals surface area contributed by atoms with Gasteiger partial charge < -0.3 is 0 Å². The maximum Gasteiger partial charge on any atom is 0.152 e. The number of benzene rings is 1. The van der Waals surface area contributed by atoms with Gasteiger partial charge in [-0.15, -0.1) is 0 Å². The molecule has 0 unspecified atom stereocenters. The summed E-state index contributed by atoms with van der Waals surface area (Å²) in [7, 11) is 0. The summed E-state index contributed by atoms with van der Waals surface area (Å²) in [6.07, 6.45) is 4.73. The summed E-state index contributed by atoms with van der Waals surface area (Å²) in [6, 6.07) is 6.92. The fourth-order valence-electron chi connectivity index (χ4n) is 2.58. The van der Waals surface area contributed by atoms with Crippen LogP contribution in [0.2, 0.25) is 0 Å². The largest absolute Gasteiger partial charge is 0.206 e. The van der Waals surface area contributed by atoms with Gasteiger partial charge in [0.15, 0.2) is 6.07 Å². The molecule has 2 heteroatoms. The Morgan fingerprint density at radius 3 is 2.56 bits per heavy atom. The first-order valence-electron chi connectivity index (χ1n) is 6.40. The molecular weight excluding hydrogens is 225 g/mol. The molecule has 0 aliphatic heterocycles. The van der Waals surface area contributed by atoms with E-state index in [0.717, 1.165) is 24.3 Å². The van der Waals surface area contributed by atoms with E-state index in [1.807, 2.05) is 6.07 Å². The first kappa shape index (κ1) is 12.7. The van der Waals surface area contributed by atoms with Crippen LogP contribution in [0.5, 0.6) is 0 Å². The van der Waals surface area contributed by atoms with Crippen LogP contribution in [0.1, 0.15) is 49.7 Å². The number of nitrogens with zero attached hydrogens (tertiary/aromatic N) is 1. The highest BCUT2D eigenvalue weighted by Gasteiger charge is 2.20. The zero-order chi connectivity index (χ0) is 13.0. The van der Waals surface area contributed by atoms with Crippen molar-refractivity contribution in [1.82, 2.24) is 0 Å². The Bertz CT molecular complexity index is 522. The van der Waals surface area contributed by atoms with Gasteiger partial charge in [-0.3, -0.25) is 0 Å². The second-order valence-electron chi connectivity index (χ2n) is 5.06. The molecule has 0 saturated heterocycles. The van der Waals surface area contributed by atoms with Crippen molar-refractivity contribution >= 4 is 0 Å². The molecule has 0 radical (unpaired) electrons. The molecule has 0 amide bonds. The molecule has 0 heterocycles. The monoisotopic (exact) mass is 241 g/mol. The van der Waals surface area contributed by atoms with Crippen molar-refractivity contribution in [2.75, 3.05) is 0 Å². The predicted octanol–water partition coefficient (Wildman–Crippen LogP) is 3.99. The second kappa shape index (κ2) is 5.69. The zero-order valence-electron chi connectivity index (χ0n) is 10.5. The normalized spacial score (nSPS) is 22.7. The van der Waals surface area contributed by atoms with Crippen LogP contribution in [0.15, 0.2) is 18.2 Å². The SMILES string of the molecule is CC1CCC(c2ccc(C#CC#N)c(F)c2)CC1. The standard InChI is InChI=1S/C16H16FN/c1-12-4-6-13(7-5-12)15-9-8-14(3-2-10-18)16(17)11-15/h8-9,11-13H,4-7H2,1H3. The lowest BCUT2D eigenvalue weighted by Crippen LogP contribution is -2.11. The number of rotatable bonds is 1. The Morgan fingerprint density at radius 2 is 1.94 bits per heavy atom. The van der Waals surface area contributed by atoms with E-state index >= 15 is 0 Å². The fraction of sp³-hybridized carbons (Fsp3) is 0.438. The van der Waals surface area contributed by atoms with Gasteiger partial charge in [0.05, 0.1) is 5.56 Å². The molecule has 2 rings (SSSR count). The van der Waals surface area contributed by atoms with Crippen molar-refractivity contribution in [2.45, 2.75) is 38.5 Å². The zero-order valence-corrected chi connectivity index (χ0v) is 10.5. The van der Waals surface area contributed by atoms with E-state index in [4.69, 9.17) is 5.26 Å². The maximum absolute atomic E-state index is 13.8. The van der Waals surface area contributed by atoms with Crippen LogP contribution in [-0.4, -0.2) is 0 Å². The van der Waals surface area contributed by atoms with Crippen LogP contribution >= 0.6 is 0 Å². The number of hydrogen-bond acceptors (Lipinski definition) is 1. The molecule has 1 fully saturated rings. The molecule has 0 atom stereocenters. The van der Waals surface area contributed by atoms with Crippen molar-refractivity contribution in [2.24, 2.45) is 5.92 Å². The minimum absolute atomic E-state index is 0.310. The topological polar surface area (TPSA) is 23.8 Å². The molecule has 0 aromatic heterocycles. The Balaban J connectivity index is 2.16. The smallest absolute Gasteiger partial charge is 0.152 e. The molecule has 1 aromatic carbocycles. The third kappa shape index (κ3) is 2.90. The molecule has 18 heavy (non-hydrogen) atoms. The summed E-state index contributed by atoms with van der Waals surface area (Å²) >= 11 is 0. The molecule has 1 saturated carbocycles. The van der Waals surface area contributed by atoms with E-state index < -0.39 is 0 Å². The molecule has 1 aromatic rings. The summed E-state index contributed by atoms with van der Waals surface area (Å²) < 4.78 is 13.8. The third-order valence-electron chi connectivity index (χ3n) is 3.73. The van der Waals surface area contributed by atoms with Gasteiger partial charge in [0, 0.05) is 5.92 Å². The fourth-order valence-corrected chi connectivity index (χ4v) is 2.58. The first-order chi connectivity index (χ1) is 8.70. The minimum Gasteiger partial charge on any atom is -0.206 e. The molecule has 1 nitrogen and oxygen atoms in total. The van der Waals surface area contributed by atoms with Crippen LogP contribution in [-0.2, 0) is 0 Å². The average molecular weight is 241 g/mol. The van der Waals surface area contributed by atoms with Crippen molar-refractivity contribution < 1.29 is 4.39 Å². The lowest BCUT2D eigenvalue weighted by atomic mass is 9.79. The number of hydrogen-bond donors (Lipinski definition) is 0. The lowest BCUT2D eigenvalue weighted by molar-refractivity contribution is 0.347. The van der Waals surface area contributed by atoms with Gasteiger partial charge in [0.2, 0.25) is 0 Å². The van der Waals surface area contributed by atoms with E-state index in [-0.39, 0.29) is 5.82 Å². The van der Waals surface area contributed by atoms with E-state index in [2.05, 4.69) is 18.8 Å². The van der Waals surface area contributed by atoms with E-state index in [1.54, 1.807) is 18.2 Å². The lowest BCUT2D eigenvalue weighted by Gasteiger charge is -2.26. The number of nitriles is 1. The summed E-state index contributed by atoms with van der Waals surface area (Å²) in [5, 5.41) is 8.36. The Morgan fingerprint density at radius 1 is 1.22 bits per heavy atom. The average Bonchev–Trinajstić information content (AvgIpc) is 2.38. The highest BCUT2D eigenvalue weighted by atomic mass is 19.1. The molecule has 1 aliphatic carbocycles. The van der Waals surface area contributed by atoms with Crippen LogP contribution in [0, 0.1) is 34.9 Å².